The molecule has 3 N–H and O–H groups in total. The van der Waals surface area contributed by atoms with Gasteiger partial charge < -0.3 is 30.1 Å². The molecular formula is C26H35N3O6. The Bertz CT molecular complexity index is 1020. The predicted octanol–water partition coefficient (Wildman–Crippen LogP) is 3.42. The lowest BCUT2D eigenvalue weighted by molar-refractivity contribution is -0.141. The van der Waals surface area contributed by atoms with Crippen molar-refractivity contribution < 1.29 is 29.0 Å². The van der Waals surface area contributed by atoms with E-state index in [2.05, 4.69) is 10.6 Å². The van der Waals surface area contributed by atoms with Crippen LogP contribution >= 0.6 is 0 Å². The zero-order valence-electron chi connectivity index (χ0n) is 21.1. The van der Waals surface area contributed by atoms with Crippen LogP contribution in [0.4, 0.5) is 10.5 Å². The van der Waals surface area contributed by atoms with Gasteiger partial charge in [-0.1, -0.05) is 24.3 Å². The van der Waals surface area contributed by atoms with E-state index in [4.69, 9.17) is 9.47 Å². The summed E-state index contributed by atoms with van der Waals surface area (Å²) in [5.74, 6) is -0.364. The number of rotatable bonds is 9. The van der Waals surface area contributed by atoms with Gasteiger partial charge in [0.25, 0.3) is 5.91 Å². The Labute approximate surface area is 206 Å². The molecule has 2 aromatic carbocycles. The summed E-state index contributed by atoms with van der Waals surface area (Å²) in [4.78, 5) is 40.5. The second-order valence-corrected chi connectivity index (χ2v) is 9.10. The van der Waals surface area contributed by atoms with Gasteiger partial charge in [0.2, 0.25) is 5.91 Å². The first-order valence-corrected chi connectivity index (χ1v) is 11.4. The Morgan fingerprint density at radius 3 is 2.23 bits per heavy atom. The quantitative estimate of drug-likeness (QED) is 0.501. The molecule has 9 heteroatoms. The van der Waals surface area contributed by atoms with Crippen molar-refractivity contribution in [1.29, 1.82) is 0 Å². The monoisotopic (exact) mass is 485 g/mol. The largest absolute Gasteiger partial charge is 0.497 e. The summed E-state index contributed by atoms with van der Waals surface area (Å²) in [5, 5.41) is 15.1. The van der Waals surface area contributed by atoms with E-state index in [0.29, 0.717) is 17.0 Å². The third kappa shape index (κ3) is 7.99. The summed E-state index contributed by atoms with van der Waals surface area (Å²) >= 11 is 0. The van der Waals surface area contributed by atoms with Crippen molar-refractivity contribution in [3.05, 3.63) is 59.7 Å². The van der Waals surface area contributed by atoms with Crippen LogP contribution in [0, 0.1) is 6.92 Å². The van der Waals surface area contributed by atoms with Gasteiger partial charge >= 0.3 is 6.09 Å². The van der Waals surface area contributed by atoms with Gasteiger partial charge in [-0.25, -0.2) is 4.79 Å². The molecule has 2 rings (SSSR count). The predicted molar refractivity (Wildman–Crippen MR) is 133 cm³/mol. The van der Waals surface area contributed by atoms with Crippen LogP contribution in [0.25, 0.3) is 0 Å². The molecular weight excluding hydrogens is 450 g/mol. The molecule has 0 fully saturated rings. The number of carbonyl (C=O) groups is 3. The van der Waals surface area contributed by atoms with Crippen LogP contribution in [0.3, 0.4) is 0 Å². The second kappa shape index (κ2) is 12.2. The smallest absolute Gasteiger partial charge is 0.408 e. The number of nitrogens with zero attached hydrogens (tertiary/aromatic N) is 1. The summed E-state index contributed by atoms with van der Waals surface area (Å²) in [6, 6.07) is 12.0. The second-order valence-electron chi connectivity index (χ2n) is 9.10. The van der Waals surface area contributed by atoms with Crippen LogP contribution in [-0.4, -0.2) is 59.8 Å². The minimum absolute atomic E-state index is 0.117. The molecule has 0 aromatic heterocycles. The number of aliphatic hydroxyl groups is 1. The van der Waals surface area contributed by atoms with Gasteiger partial charge in [-0.2, -0.15) is 0 Å². The molecule has 0 saturated carbocycles. The lowest BCUT2D eigenvalue weighted by Gasteiger charge is -2.33. The van der Waals surface area contributed by atoms with Gasteiger partial charge in [0.1, 0.15) is 23.4 Å². The molecule has 0 bridgehead atoms. The molecule has 0 saturated heterocycles. The maximum atomic E-state index is 13.5. The standard InChI is InChI=1S/C26H35N3O6/c1-17-9-7-8-10-21(17)22(23(31)28-19-11-13-20(34-6)14-12-19)29(15-16-30)24(32)18(2)27-25(33)35-26(3,4)5/h7-14,18,22,30H,15-16H2,1-6H3,(H,27,33)(H,28,31). The summed E-state index contributed by atoms with van der Waals surface area (Å²) < 4.78 is 10.4. The number of alkyl carbamates (subject to hydrolysis) is 1. The Morgan fingerprint density at radius 2 is 1.69 bits per heavy atom. The Kier molecular flexibility index (Phi) is 9.65. The third-order valence-electron chi connectivity index (χ3n) is 5.13. The number of aliphatic hydroxyl groups excluding tert-OH is 1. The van der Waals surface area contributed by atoms with Gasteiger partial charge in [0, 0.05) is 12.2 Å². The first kappa shape index (κ1) is 27.7. The number of benzene rings is 2. The van der Waals surface area contributed by atoms with E-state index in [-0.39, 0.29) is 13.2 Å². The van der Waals surface area contributed by atoms with Crippen LogP contribution in [-0.2, 0) is 14.3 Å². The molecule has 2 atom stereocenters. The first-order chi connectivity index (χ1) is 16.5. The van der Waals surface area contributed by atoms with E-state index in [1.165, 1.54) is 11.8 Å². The number of carbonyl (C=O) groups excluding carboxylic acids is 3. The minimum Gasteiger partial charge on any atom is -0.497 e. The van der Waals surface area contributed by atoms with Crippen LogP contribution in [0.1, 0.15) is 44.9 Å². The highest BCUT2D eigenvalue weighted by Crippen LogP contribution is 2.27. The van der Waals surface area contributed by atoms with E-state index in [1.54, 1.807) is 64.3 Å². The zero-order valence-corrected chi connectivity index (χ0v) is 21.1. The number of amides is 3. The van der Waals surface area contributed by atoms with Crippen LogP contribution < -0.4 is 15.4 Å². The minimum atomic E-state index is -1.05. The molecule has 0 aliphatic carbocycles. The molecule has 3 amide bonds. The van der Waals surface area contributed by atoms with Gasteiger partial charge in [-0.05, 0) is 70.0 Å². The highest BCUT2D eigenvalue weighted by atomic mass is 16.6. The number of hydrogen-bond donors (Lipinski definition) is 3. The summed E-state index contributed by atoms with van der Waals surface area (Å²) in [6.45, 7) is 8.01. The molecule has 2 unspecified atom stereocenters. The van der Waals surface area contributed by atoms with Crippen molar-refractivity contribution in [2.45, 2.75) is 52.3 Å². The third-order valence-corrected chi connectivity index (χ3v) is 5.13. The average Bonchev–Trinajstić information content (AvgIpc) is 2.78. The van der Waals surface area contributed by atoms with Crippen LogP contribution in [0.5, 0.6) is 5.75 Å². The van der Waals surface area contributed by atoms with Crippen LogP contribution in [0.2, 0.25) is 0 Å². The van der Waals surface area contributed by atoms with Crippen LogP contribution in [0.15, 0.2) is 48.5 Å². The Hall–Kier alpha value is -3.59. The molecule has 190 valence electrons. The number of hydrogen-bond acceptors (Lipinski definition) is 6. The molecule has 0 aliphatic rings. The van der Waals surface area contributed by atoms with Crippen molar-refractivity contribution in [3.8, 4) is 5.75 Å². The fourth-order valence-corrected chi connectivity index (χ4v) is 3.50. The summed E-state index contributed by atoms with van der Waals surface area (Å²) in [7, 11) is 1.55. The number of anilines is 1. The van der Waals surface area contributed by atoms with Crippen molar-refractivity contribution in [1.82, 2.24) is 10.2 Å². The molecule has 0 radical (unpaired) electrons. The maximum absolute atomic E-state index is 13.5. The van der Waals surface area contributed by atoms with E-state index < -0.39 is 35.6 Å². The molecule has 35 heavy (non-hydrogen) atoms. The topological polar surface area (TPSA) is 117 Å². The number of aryl methyl sites for hydroxylation is 1. The highest BCUT2D eigenvalue weighted by molar-refractivity contribution is 5.99. The Balaban J connectivity index is 2.38. The lowest BCUT2D eigenvalue weighted by Crippen LogP contribution is -2.52. The van der Waals surface area contributed by atoms with Crippen molar-refractivity contribution in [3.63, 3.8) is 0 Å². The zero-order chi connectivity index (χ0) is 26.2. The molecule has 0 spiro atoms. The van der Waals surface area contributed by atoms with E-state index in [1.807, 2.05) is 19.1 Å². The summed E-state index contributed by atoms with van der Waals surface area (Å²) in [5.41, 5.74) is 1.18. The average molecular weight is 486 g/mol. The molecule has 9 nitrogen and oxygen atoms in total. The highest BCUT2D eigenvalue weighted by Gasteiger charge is 2.35. The van der Waals surface area contributed by atoms with Gasteiger partial charge in [-0.3, -0.25) is 9.59 Å². The van der Waals surface area contributed by atoms with Crippen molar-refractivity contribution >= 4 is 23.6 Å². The first-order valence-electron chi connectivity index (χ1n) is 11.4. The van der Waals surface area contributed by atoms with E-state index in [0.717, 1.165) is 5.56 Å². The normalized spacial score (nSPS) is 12.8. The Morgan fingerprint density at radius 1 is 1.06 bits per heavy atom. The molecule has 0 heterocycles. The van der Waals surface area contributed by atoms with Gasteiger partial charge in [-0.15, -0.1) is 0 Å². The van der Waals surface area contributed by atoms with Gasteiger partial charge in [0.15, 0.2) is 0 Å². The number of ether oxygens (including phenoxy) is 2. The fourth-order valence-electron chi connectivity index (χ4n) is 3.50. The van der Waals surface area contributed by atoms with Crippen molar-refractivity contribution in [2.24, 2.45) is 0 Å². The molecule has 0 aliphatic heterocycles. The number of methoxy groups -OCH3 is 1. The van der Waals surface area contributed by atoms with E-state index >= 15 is 0 Å². The maximum Gasteiger partial charge on any atom is 0.408 e. The van der Waals surface area contributed by atoms with Crippen molar-refractivity contribution in [2.75, 3.05) is 25.6 Å². The SMILES string of the molecule is COc1ccc(NC(=O)C(c2ccccc2C)N(CCO)C(=O)C(C)NC(=O)OC(C)(C)C)cc1. The summed E-state index contributed by atoms with van der Waals surface area (Å²) in [6.07, 6.45) is -0.752. The lowest BCUT2D eigenvalue weighted by atomic mass is 9.98. The van der Waals surface area contributed by atoms with Gasteiger partial charge in [0.05, 0.1) is 13.7 Å². The fraction of sp³-hybridized carbons (Fsp3) is 0.423. The van der Waals surface area contributed by atoms with E-state index in [9.17, 15) is 19.5 Å². The number of nitrogens with one attached hydrogen (secondary N) is 2. The molecule has 2 aromatic rings.